The number of nitrogens with zero attached hydrogens (tertiary/aromatic N) is 1. The van der Waals surface area contributed by atoms with Gasteiger partial charge in [0.1, 0.15) is 0 Å². The van der Waals surface area contributed by atoms with Crippen LogP contribution in [0.25, 0.3) is 0 Å². The molecule has 1 fully saturated rings. The summed E-state index contributed by atoms with van der Waals surface area (Å²) in [5.41, 5.74) is 7.58. The molecule has 4 aromatic rings. The number of hydrogen-bond acceptors (Lipinski definition) is 2. The number of rotatable bonds is 8. The molecule has 1 atom stereocenters. The van der Waals surface area contributed by atoms with Crippen molar-refractivity contribution >= 4 is 11.4 Å². The van der Waals surface area contributed by atoms with Crippen LogP contribution in [0.4, 0.5) is 11.4 Å². The lowest BCUT2D eigenvalue weighted by Crippen LogP contribution is -2.24. The standard InChI is InChI=1S/C33H35NO/c1-32(2,25-11-7-5-8-12-25)27-15-19-29(20-16-27)34(23-31-24-35-31)30-21-17-28(18-22-30)33(3,4)26-13-9-6-10-14-26/h5-22,31H,23-24H2,1-4H3/t31-/m1/s1. The van der Waals surface area contributed by atoms with Gasteiger partial charge < -0.3 is 9.64 Å². The van der Waals surface area contributed by atoms with Gasteiger partial charge in [-0.2, -0.15) is 0 Å². The van der Waals surface area contributed by atoms with Crippen molar-refractivity contribution in [1.82, 2.24) is 0 Å². The molecule has 0 aromatic heterocycles. The molecule has 1 saturated heterocycles. The second kappa shape index (κ2) is 9.36. The van der Waals surface area contributed by atoms with Gasteiger partial charge in [0.05, 0.1) is 19.3 Å². The third kappa shape index (κ3) is 4.90. The van der Waals surface area contributed by atoms with Crippen molar-refractivity contribution in [3.8, 4) is 0 Å². The Morgan fingerprint density at radius 3 is 1.26 bits per heavy atom. The van der Waals surface area contributed by atoms with E-state index in [0.29, 0.717) is 6.10 Å². The summed E-state index contributed by atoms with van der Waals surface area (Å²) in [7, 11) is 0. The number of epoxide rings is 1. The first-order valence-electron chi connectivity index (χ1n) is 12.6. The molecule has 4 aromatic carbocycles. The van der Waals surface area contributed by atoms with Gasteiger partial charge in [-0.1, -0.05) is 113 Å². The lowest BCUT2D eigenvalue weighted by Gasteiger charge is -2.30. The molecule has 5 rings (SSSR count). The number of benzene rings is 4. The van der Waals surface area contributed by atoms with E-state index in [4.69, 9.17) is 4.74 Å². The summed E-state index contributed by atoms with van der Waals surface area (Å²) in [5, 5.41) is 0. The predicted molar refractivity (Wildman–Crippen MR) is 147 cm³/mol. The summed E-state index contributed by atoms with van der Waals surface area (Å²) < 4.78 is 5.61. The van der Waals surface area contributed by atoms with Crippen LogP contribution in [0.5, 0.6) is 0 Å². The molecule has 0 aliphatic carbocycles. The molecule has 2 nitrogen and oxygen atoms in total. The maximum absolute atomic E-state index is 5.61. The topological polar surface area (TPSA) is 15.8 Å². The maximum atomic E-state index is 5.61. The molecule has 178 valence electrons. The van der Waals surface area contributed by atoms with Crippen LogP contribution in [0, 0.1) is 0 Å². The van der Waals surface area contributed by atoms with Gasteiger partial charge in [-0.05, 0) is 46.5 Å². The van der Waals surface area contributed by atoms with Crippen LogP contribution < -0.4 is 4.90 Å². The van der Waals surface area contributed by atoms with Crippen LogP contribution in [0.15, 0.2) is 109 Å². The van der Waals surface area contributed by atoms with Gasteiger partial charge >= 0.3 is 0 Å². The Balaban J connectivity index is 1.42. The van der Waals surface area contributed by atoms with Crippen LogP contribution in [-0.2, 0) is 15.6 Å². The first-order valence-corrected chi connectivity index (χ1v) is 12.6. The molecule has 0 bridgehead atoms. The summed E-state index contributed by atoms with van der Waals surface area (Å²) in [4.78, 5) is 2.39. The second-order valence-corrected chi connectivity index (χ2v) is 10.6. The van der Waals surface area contributed by atoms with Crippen LogP contribution in [0.1, 0.15) is 49.9 Å². The molecule has 0 radical (unpaired) electrons. The van der Waals surface area contributed by atoms with Gasteiger partial charge in [-0.3, -0.25) is 0 Å². The first-order chi connectivity index (χ1) is 16.9. The van der Waals surface area contributed by atoms with E-state index in [1.165, 1.54) is 33.6 Å². The molecular formula is C33H35NO. The third-order valence-electron chi connectivity index (χ3n) is 7.58. The average Bonchev–Trinajstić information content (AvgIpc) is 3.73. The van der Waals surface area contributed by atoms with Crippen molar-refractivity contribution in [2.75, 3.05) is 18.1 Å². The summed E-state index contributed by atoms with van der Waals surface area (Å²) in [5.74, 6) is 0. The van der Waals surface area contributed by atoms with Crippen molar-refractivity contribution in [1.29, 1.82) is 0 Å². The maximum Gasteiger partial charge on any atom is 0.0988 e. The monoisotopic (exact) mass is 461 g/mol. The van der Waals surface area contributed by atoms with E-state index in [-0.39, 0.29) is 10.8 Å². The quantitative estimate of drug-likeness (QED) is 0.248. The van der Waals surface area contributed by atoms with Crippen LogP contribution in [0.2, 0.25) is 0 Å². The van der Waals surface area contributed by atoms with E-state index in [9.17, 15) is 0 Å². The zero-order chi connectivity index (χ0) is 24.5. The van der Waals surface area contributed by atoms with E-state index < -0.39 is 0 Å². The van der Waals surface area contributed by atoms with Gasteiger partial charge in [0.25, 0.3) is 0 Å². The van der Waals surface area contributed by atoms with Gasteiger partial charge in [-0.25, -0.2) is 0 Å². The Morgan fingerprint density at radius 1 is 0.571 bits per heavy atom. The van der Waals surface area contributed by atoms with E-state index in [1.807, 2.05) is 0 Å². The molecule has 0 N–H and O–H groups in total. The smallest absolute Gasteiger partial charge is 0.0988 e. The number of hydrogen-bond donors (Lipinski definition) is 0. The average molecular weight is 462 g/mol. The predicted octanol–water partition coefficient (Wildman–Crippen LogP) is 7.88. The summed E-state index contributed by atoms with van der Waals surface area (Å²) >= 11 is 0. The fourth-order valence-electron chi connectivity index (χ4n) is 4.90. The third-order valence-corrected chi connectivity index (χ3v) is 7.58. The zero-order valence-electron chi connectivity index (χ0n) is 21.2. The molecule has 35 heavy (non-hydrogen) atoms. The Morgan fingerprint density at radius 2 is 0.914 bits per heavy atom. The highest BCUT2D eigenvalue weighted by molar-refractivity contribution is 5.65. The lowest BCUT2D eigenvalue weighted by atomic mass is 9.78. The highest BCUT2D eigenvalue weighted by Gasteiger charge is 2.28. The Kier molecular flexibility index (Phi) is 6.25. The Labute approximate surface area is 210 Å². The normalized spacial score (nSPS) is 15.6. The molecule has 0 saturated carbocycles. The van der Waals surface area contributed by atoms with E-state index in [2.05, 4.69) is 142 Å². The molecule has 0 unspecified atom stereocenters. The fraction of sp³-hybridized carbons (Fsp3) is 0.273. The summed E-state index contributed by atoms with van der Waals surface area (Å²) in [6.07, 6.45) is 0.302. The minimum absolute atomic E-state index is 0.0467. The van der Waals surface area contributed by atoms with Gasteiger partial charge in [0, 0.05) is 22.2 Å². The summed E-state index contributed by atoms with van der Waals surface area (Å²) in [6, 6.07) is 39.6. The van der Waals surface area contributed by atoms with Gasteiger partial charge in [0.2, 0.25) is 0 Å². The highest BCUT2D eigenvalue weighted by Crippen LogP contribution is 2.36. The van der Waals surface area contributed by atoms with Crippen LogP contribution in [0.3, 0.4) is 0 Å². The number of anilines is 2. The largest absolute Gasteiger partial charge is 0.371 e. The molecular weight excluding hydrogens is 426 g/mol. The van der Waals surface area contributed by atoms with E-state index >= 15 is 0 Å². The summed E-state index contributed by atoms with van der Waals surface area (Å²) in [6.45, 7) is 10.9. The van der Waals surface area contributed by atoms with Crippen molar-refractivity contribution in [3.05, 3.63) is 131 Å². The van der Waals surface area contributed by atoms with Crippen molar-refractivity contribution in [3.63, 3.8) is 0 Å². The number of ether oxygens (including phenoxy) is 1. The Bertz CT molecular complexity index is 1140. The van der Waals surface area contributed by atoms with E-state index in [1.54, 1.807) is 0 Å². The SMILES string of the molecule is CC(C)(c1ccccc1)c1ccc(N(C[C@@H]2CO2)c2ccc(C(C)(C)c3ccccc3)cc2)cc1. The van der Waals surface area contributed by atoms with Crippen LogP contribution >= 0.6 is 0 Å². The van der Waals surface area contributed by atoms with E-state index in [0.717, 1.165) is 13.2 Å². The minimum atomic E-state index is -0.0467. The van der Waals surface area contributed by atoms with Crippen molar-refractivity contribution in [2.45, 2.75) is 44.6 Å². The zero-order valence-corrected chi connectivity index (χ0v) is 21.2. The first kappa shape index (κ1) is 23.4. The fourth-order valence-corrected chi connectivity index (χ4v) is 4.90. The van der Waals surface area contributed by atoms with Gasteiger partial charge in [-0.15, -0.1) is 0 Å². The molecule has 0 spiro atoms. The van der Waals surface area contributed by atoms with Crippen LogP contribution in [-0.4, -0.2) is 19.3 Å². The molecule has 1 heterocycles. The van der Waals surface area contributed by atoms with Gasteiger partial charge in [0.15, 0.2) is 0 Å². The molecule has 2 heteroatoms. The Hall–Kier alpha value is -3.36. The van der Waals surface area contributed by atoms with Crippen molar-refractivity contribution in [2.24, 2.45) is 0 Å². The molecule has 1 aliphatic heterocycles. The second-order valence-electron chi connectivity index (χ2n) is 10.6. The minimum Gasteiger partial charge on any atom is -0.371 e. The van der Waals surface area contributed by atoms with Crippen molar-refractivity contribution < 1.29 is 4.74 Å². The molecule has 0 amide bonds. The lowest BCUT2D eigenvalue weighted by molar-refractivity contribution is 0.411. The molecule has 1 aliphatic rings. The highest BCUT2D eigenvalue weighted by atomic mass is 16.6.